The van der Waals surface area contributed by atoms with E-state index in [1.165, 1.54) is 6.08 Å². The molecule has 3 heterocycles. The van der Waals surface area contributed by atoms with E-state index in [1.54, 1.807) is 35.6 Å². The van der Waals surface area contributed by atoms with Gasteiger partial charge in [0.05, 0.1) is 6.26 Å². The van der Waals surface area contributed by atoms with Crippen LogP contribution in [0.1, 0.15) is 30.5 Å². The third kappa shape index (κ3) is 3.53. The van der Waals surface area contributed by atoms with Crippen molar-refractivity contribution in [2.45, 2.75) is 18.9 Å². The monoisotopic (exact) mass is 315 g/mol. The molecule has 0 bridgehead atoms. The number of hydrogen-bond donors (Lipinski definition) is 1. The molecule has 1 N–H and O–H groups in total. The predicted octanol–water partition coefficient (Wildman–Crippen LogP) is 2.00. The summed E-state index contributed by atoms with van der Waals surface area (Å²) in [4.78, 5) is 18.2. The van der Waals surface area contributed by atoms with Crippen LogP contribution in [0.15, 0.2) is 41.3 Å². The molecular formula is C17H21N3O3. The Morgan fingerprint density at radius 1 is 1.48 bits per heavy atom. The van der Waals surface area contributed by atoms with Gasteiger partial charge >= 0.3 is 0 Å². The molecule has 0 aliphatic carbocycles. The molecule has 122 valence electrons. The number of piperidine rings is 1. The van der Waals surface area contributed by atoms with Crippen LogP contribution in [0.3, 0.4) is 0 Å². The molecule has 2 aromatic heterocycles. The highest BCUT2D eigenvalue weighted by molar-refractivity contribution is 5.91. The molecule has 1 aliphatic heterocycles. The van der Waals surface area contributed by atoms with Crippen molar-refractivity contribution in [2.24, 2.45) is 13.0 Å². The third-order valence-electron chi connectivity index (χ3n) is 4.35. The summed E-state index contributed by atoms with van der Waals surface area (Å²) >= 11 is 0. The van der Waals surface area contributed by atoms with E-state index >= 15 is 0 Å². The number of aryl methyl sites for hydroxylation is 1. The van der Waals surface area contributed by atoms with Crippen molar-refractivity contribution in [1.82, 2.24) is 14.5 Å². The molecule has 3 rings (SSSR count). The molecule has 6 nitrogen and oxygen atoms in total. The molecule has 6 heteroatoms. The molecule has 1 aliphatic rings. The average Bonchev–Trinajstić information content (AvgIpc) is 3.23. The van der Waals surface area contributed by atoms with Crippen LogP contribution in [-0.2, 0) is 11.8 Å². The molecule has 1 fully saturated rings. The Kier molecular flexibility index (Phi) is 4.62. The minimum absolute atomic E-state index is 0.0219. The van der Waals surface area contributed by atoms with Gasteiger partial charge in [-0.2, -0.15) is 0 Å². The lowest BCUT2D eigenvalue weighted by Crippen LogP contribution is -2.39. The number of hydrogen-bond acceptors (Lipinski definition) is 4. The lowest BCUT2D eigenvalue weighted by molar-refractivity contribution is -0.128. The van der Waals surface area contributed by atoms with Gasteiger partial charge in [-0.05, 0) is 37.0 Å². The smallest absolute Gasteiger partial charge is 0.246 e. The molecule has 0 spiro atoms. The van der Waals surface area contributed by atoms with Gasteiger partial charge in [0.15, 0.2) is 0 Å². The van der Waals surface area contributed by atoms with Crippen molar-refractivity contribution in [3.8, 4) is 0 Å². The highest BCUT2D eigenvalue weighted by Crippen LogP contribution is 2.29. The van der Waals surface area contributed by atoms with Gasteiger partial charge in [0.25, 0.3) is 0 Å². The van der Waals surface area contributed by atoms with E-state index in [2.05, 4.69) is 4.98 Å². The zero-order valence-corrected chi connectivity index (χ0v) is 13.1. The summed E-state index contributed by atoms with van der Waals surface area (Å²) in [6, 6.07) is 3.59. The number of nitrogens with zero attached hydrogens (tertiary/aromatic N) is 3. The fourth-order valence-electron chi connectivity index (χ4n) is 2.95. The number of aliphatic hydroxyl groups is 1. The molecule has 23 heavy (non-hydrogen) atoms. The van der Waals surface area contributed by atoms with E-state index in [0.29, 0.717) is 24.7 Å². The number of aromatic nitrogens is 2. The van der Waals surface area contributed by atoms with Crippen LogP contribution in [0.4, 0.5) is 0 Å². The first kappa shape index (κ1) is 15.6. The first-order chi connectivity index (χ1) is 11.1. The van der Waals surface area contributed by atoms with E-state index in [-0.39, 0.29) is 11.8 Å². The fourth-order valence-corrected chi connectivity index (χ4v) is 2.95. The van der Waals surface area contributed by atoms with Gasteiger partial charge in [-0.1, -0.05) is 0 Å². The summed E-state index contributed by atoms with van der Waals surface area (Å²) in [6.07, 6.45) is 9.28. The highest BCUT2D eigenvalue weighted by Gasteiger charge is 2.29. The number of rotatable bonds is 4. The van der Waals surface area contributed by atoms with Gasteiger partial charge in [-0.15, -0.1) is 0 Å². The van der Waals surface area contributed by atoms with Crippen molar-refractivity contribution in [3.63, 3.8) is 0 Å². The zero-order chi connectivity index (χ0) is 16.2. The fraction of sp³-hybridized carbons (Fsp3) is 0.412. The summed E-state index contributed by atoms with van der Waals surface area (Å²) in [5.41, 5.74) is 0. The maximum atomic E-state index is 12.2. The Labute approximate surface area is 135 Å². The number of carbonyl (C=O) groups excluding carboxylic acids is 1. The van der Waals surface area contributed by atoms with Crippen LogP contribution in [0.5, 0.6) is 0 Å². The maximum Gasteiger partial charge on any atom is 0.246 e. The summed E-state index contributed by atoms with van der Waals surface area (Å²) < 4.78 is 7.01. The van der Waals surface area contributed by atoms with Gasteiger partial charge < -0.3 is 19.0 Å². The van der Waals surface area contributed by atoms with Crippen LogP contribution in [0.2, 0.25) is 0 Å². The second-order valence-corrected chi connectivity index (χ2v) is 5.85. The topological polar surface area (TPSA) is 71.5 Å². The summed E-state index contributed by atoms with van der Waals surface area (Å²) in [7, 11) is 1.88. The quantitative estimate of drug-likeness (QED) is 0.876. The number of furan rings is 1. The van der Waals surface area contributed by atoms with E-state index in [9.17, 15) is 9.90 Å². The molecule has 1 saturated heterocycles. The van der Waals surface area contributed by atoms with Crippen molar-refractivity contribution >= 4 is 12.0 Å². The Bertz CT molecular complexity index is 667. The van der Waals surface area contributed by atoms with E-state index in [4.69, 9.17) is 4.42 Å². The lowest BCUT2D eigenvalue weighted by atomic mass is 9.90. The van der Waals surface area contributed by atoms with Crippen molar-refractivity contribution in [3.05, 3.63) is 48.5 Å². The number of aliphatic hydroxyl groups excluding tert-OH is 1. The second kappa shape index (κ2) is 6.83. The number of carbonyl (C=O) groups is 1. The largest absolute Gasteiger partial charge is 0.465 e. The Morgan fingerprint density at radius 2 is 2.26 bits per heavy atom. The maximum absolute atomic E-state index is 12.2. The Hall–Kier alpha value is -2.34. The Balaban J connectivity index is 1.54. The first-order valence-electron chi connectivity index (χ1n) is 7.81. The molecular weight excluding hydrogens is 294 g/mol. The SMILES string of the molecule is Cn1ccnc1C(O)C1CCN(C(=O)/C=C/c2ccco2)CC1. The summed E-state index contributed by atoms with van der Waals surface area (Å²) in [5, 5.41) is 10.5. The van der Waals surface area contributed by atoms with Crippen molar-refractivity contribution < 1.29 is 14.3 Å². The molecule has 1 amide bonds. The lowest BCUT2D eigenvalue weighted by Gasteiger charge is -2.33. The van der Waals surface area contributed by atoms with Gasteiger partial charge in [0.2, 0.25) is 5.91 Å². The molecule has 0 radical (unpaired) electrons. The predicted molar refractivity (Wildman–Crippen MR) is 85.2 cm³/mol. The molecule has 1 atom stereocenters. The van der Waals surface area contributed by atoms with E-state index in [1.807, 2.05) is 17.8 Å². The number of likely N-dealkylation sites (tertiary alicyclic amines) is 1. The van der Waals surface area contributed by atoms with Crippen LogP contribution in [-0.4, -0.2) is 38.6 Å². The van der Waals surface area contributed by atoms with Gasteiger partial charge in [0, 0.05) is 38.6 Å². The van der Waals surface area contributed by atoms with Crippen molar-refractivity contribution in [1.29, 1.82) is 0 Å². The third-order valence-corrected chi connectivity index (χ3v) is 4.35. The molecule has 0 saturated carbocycles. The van der Waals surface area contributed by atoms with Crippen LogP contribution in [0.25, 0.3) is 6.08 Å². The van der Waals surface area contributed by atoms with Gasteiger partial charge in [-0.25, -0.2) is 4.98 Å². The molecule has 2 aromatic rings. The zero-order valence-electron chi connectivity index (χ0n) is 13.1. The van der Waals surface area contributed by atoms with E-state index in [0.717, 1.165) is 12.8 Å². The van der Waals surface area contributed by atoms with Crippen LogP contribution >= 0.6 is 0 Å². The molecule has 0 aromatic carbocycles. The minimum atomic E-state index is -0.578. The molecule has 1 unspecified atom stereocenters. The highest BCUT2D eigenvalue weighted by atomic mass is 16.3. The number of amides is 1. The Morgan fingerprint density at radius 3 is 2.87 bits per heavy atom. The second-order valence-electron chi connectivity index (χ2n) is 5.85. The van der Waals surface area contributed by atoms with Gasteiger partial charge in [-0.3, -0.25) is 4.79 Å². The van der Waals surface area contributed by atoms with Crippen molar-refractivity contribution in [2.75, 3.05) is 13.1 Å². The van der Waals surface area contributed by atoms with E-state index < -0.39 is 6.10 Å². The average molecular weight is 315 g/mol. The van der Waals surface area contributed by atoms with Crippen LogP contribution < -0.4 is 0 Å². The number of imidazole rings is 1. The summed E-state index contributed by atoms with van der Waals surface area (Å²) in [6.45, 7) is 1.29. The first-order valence-corrected chi connectivity index (χ1v) is 7.81. The van der Waals surface area contributed by atoms with Gasteiger partial charge in [0.1, 0.15) is 17.7 Å². The summed E-state index contributed by atoms with van der Waals surface area (Å²) in [5.74, 6) is 1.46. The normalized spacial score (nSPS) is 17.7. The van der Waals surface area contributed by atoms with Crippen LogP contribution in [0, 0.1) is 5.92 Å². The standard InChI is InChI=1S/C17H21N3O3/c1-19-11-8-18-17(19)16(22)13-6-9-20(10-7-13)15(21)5-4-14-3-2-12-23-14/h2-5,8,11-13,16,22H,6-7,9-10H2,1H3/b5-4+. The minimum Gasteiger partial charge on any atom is -0.465 e.